The first-order valence-electron chi connectivity index (χ1n) is 5.10. The molecule has 3 nitrogen and oxygen atoms in total. The molecule has 0 aliphatic heterocycles. The van der Waals surface area contributed by atoms with E-state index in [0.717, 1.165) is 4.47 Å². The molecule has 0 aliphatic carbocycles. The van der Waals surface area contributed by atoms with Crippen LogP contribution in [0.3, 0.4) is 0 Å². The Morgan fingerprint density at radius 1 is 1.44 bits per heavy atom. The van der Waals surface area contributed by atoms with Crippen LogP contribution in [0.2, 0.25) is 0 Å². The van der Waals surface area contributed by atoms with E-state index < -0.39 is 6.04 Å². The summed E-state index contributed by atoms with van der Waals surface area (Å²) in [6.07, 6.45) is 0. The zero-order chi connectivity index (χ0) is 12.3. The van der Waals surface area contributed by atoms with E-state index in [9.17, 15) is 4.79 Å². The number of halogens is 1. The van der Waals surface area contributed by atoms with Gasteiger partial charge in [-0.3, -0.25) is 4.79 Å². The second-order valence-electron chi connectivity index (χ2n) is 3.98. The van der Waals surface area contributed by atoms with E-state index in [0.29, 0.717) is 11.3 Å². The van der Waals surface area contributed by atoms with Crippen LogP contribution in [0.1, 0.15) is 24.2 Å². The number of methoxy groups -OCH3 is 1. The van der Waals surface area contributed by atoms with Gasteiger partial charge in [0.1, 0.15) is 5.75 Å². The van der Waals surface area contributed by atoms with Gasteiger partial charge in [-0.25, -0.2) is 0 Å². The van der Waals surface area contributed by atoms with Gasteiger partial charge in [-0.05, 0) is 24.1 Å². The van der Waals surface area contributed by atoms with Gasteiger partial charge < -0.3 is 10.5 Å². The molecule has 0 spiro atoms. The van der Waals surface area contributed by atoms with Crippen LogP contribution in [0, 0.1) is 5.92 Å². The smallest absolute Gasteiger partial charge is 0.183 e. The average Bonchev–Trinajstić information content (AvgIpc) is 2.26. The Hall–Kier alpha value is -0.870. The molecule has 0 bridgehead atoms. The third-order valence-electron chi connectivity index (χ3n) is 2.45. The third kappa shape index (κ3) is 2.83. The van der Waals surface area contributed by atoms with E-state index in [1.54, 1.807) is 19.2 Å². The van der Waals surface area contributed by atoms with Crippen molar-refractivity contribution < 1.29 is 9.53 Å². The molecule has 0 saturated heterocycles. The molecule has 1 aromatic rings. The lowest BCUT2D eigenvalue weighted by Gasteiger charge is -2.16. The van der Waals surface area contributed by atoms with Crippen molar-refractivity contribution in [3.8, 4) is 5.75 Å². The van der Waals surface area contributed by atoms with Crippen LogP contribution >= 0.6 is 15.9 Å². The van der Waals surface area contributed by atoms with Crippen LogP contribution < -0.4 is 10.5 Å². The molecule has 2 N–H and O–H groups in total. The van der Waals surface area contributed by atoms with E-state index in [1.165, 1.54) is 0 Å². The second-order valence-corrected chi connectivity index (χ2v) is 4.89. The highest BCUT2D eigenvalue weighted by molar-refractivity contribution is 9.10. The lowest BCUT2D eigenvalue weighted by molar-refractivity contribution is 0.0937. The van der Waals surface area contributed by atoms with Crippen molar-refractivity contribution in [3.63, 3.8) is 0 Å². The summed E-state index contributed by atoms with van der Waals surface area (Å²) in [7, 11) is 1.54. The summed E-state index contributed by atoms with van der Waals surface area (Å²) in [5.41, 5.74) is 6.37. The summed E-state index contributed by atoms with van der Waals surface area (Å²) in [4.78, 5) is 12.1. The van der Waals surface area contributed by atoms with Crippen molar-refractivity contribution in [3.05, 3.63) is 28.2 Å². The Morgan fingerprint density at radius 2 is 2.06 bits per heavy atom. The van der Waals surface area contributed by atoms with Crippen LogP contribution in [0.5, 0.6) is 5.75 Å². The van der Waals surface area contributed by atoms with Gasteiger partial charge >= 0.3 is 0 Å². The molecule has 0 aromatic heterocycles. The molecule has 0 saturated carbocycles. The molecular weight excluding hydrogens is 270 g/mol. The summed E-state index contributed by atoms with van der Waals surface area (Å²) in [6, 6.07) is 4.83. The van der Waals surface area contributed by atoms with Crippen LogP contribution in [-0.2, 0) is 0 Å². The van der Waals surface area contributed by atoms with Gasteiger partial charge in [-0.15, -0.1) is 0 Å². The molecule has 0 aliphatic rings. The normalized spacial score (nSPS) is 12.6. The minimum Gasteiger partial charge on any atom is -0.496 e. The van der Waals surface area contributed by atoms with E-state index in [2.05, 4.69) is 15.9 Å². The fourth-order valence-electron chi connectivity index (χ4n) is 1.36. The minimum absolute atomic E-state index is 0.0897. The quantitative estimate of drug-likeness (QED) is 0.866. The van der Waals surface area contributed by atoms with Crippen molar-refractivity contribution in [2.24, 2.45) is 11.7 Å². The first-order chi connectivity index (χ1) is 7.47. The lowest BCUT2D eigenvalue weighted by Crippen LogP contribution is -2.35. The summed E-state index contributed by atoms with van der Waals surface area (Å²) in [6.45, 7) is 3.85. The highest BCUT2D eigenvalue weighted by atomic mass is 79.9. The Kier molecular flexibility index (Phi) is 4.50. The van der Waals surface area contributed by atoms with Crippen LogP contribution in [0.25, 0.3) is 0 Å². The monoisotopic (exact) mass is 285 g/mol. The Morgan fingerprint density at radius 3 is 2.56 bits per heavy atom. The number of rotatable bonds is 4. The highest BCUT2D eigenvalue weighted by Gasteiger charge is 2.22. The molecule has 1 unspecified atom stereocenters. The molecule has 0 fully saturated rings. The fraction of sp³-hybridized carbons (Fsp3) is 0.417. The maximum Gasteiger partial charge on any atom is 0.183 e. The van der Waals surface area contributed by atoms with Gasteiger partial charge in [0.2, 0.25) is 0 Å². The summed E-state index contributed by atoms with van der Waals surface area (Å²) >= 11 is 3.33. The molecule has 1 rings (SSSR count). The molecule has 0 radical (unpaired) electrons. The summed E-state index contributed by atoms with van der Waals surface area (Å²) < 4.78 is 5.99. The number of ether oxygens (including phenoxy) is 1. The first kappa shape index (κ1) is 13.2. The molecule has 4 heteroatoms. The van der Waals surface area contributed by atoms with E-state index >= 15 is 0 Å². The topological polar surface area (TPSA) is 52.3 Å². The second kappa shape index (κ2) is 5.46. The highest BCUT2D eigenvalue weighted by Crippen LogP contribution is 2.24. The fourth-order valence-corrected chi connectivity index (χ4v) is 1.72. The molecule has 1 atom stereocenters. The van der Waals surface area contributed by atoms with E-state index in [-0.39, 0.29) is 11.7 Å². The molecule has 1 aromatic carbocycles. The molecule has 88 valence electrons. The first-order valence-corrected chi connectivity index (χ1v) is 5.90. The number of hydrogen-bond donors (Lipinski definition) is 1. The number of Topliss-reactive ketones (excluding diaryl/α,β-unsaturated/α-hetero) is 1. The van der Waals surface area contributed by atoms with Gasteiger partial charge in [0, 0.05) is 4.47 Å². The number of carbonyl (C=O) groups is 1. The van der Waals surface area contributed by atoms with Gasteiger partial charge in [0.15, 0.2) is 5.78 Å². The molecular formula is C12H16BrNO2. The molecule has 16 heavy (non-hydrogen) atoms. The number of hydrogen-bond acceptors (Lipinski definition) is 3. The van der Waals surface area contributed by atoms with Gasteiger partial charge in [-0.1, -0.05) is 29.8 Å². The Labute approximate surface area is 104 Å². The van der Waals surface area contributed by atoms with Crippen LogP contribution in [0.4, 0.5) is 0 Å². The number of nitrogens with two attached hydrogens (primary N) is 1. The van der Waals surface area contributed by atoms with Crippen LogP contribution in [0.15, 0.2) is 22.7 Å². The van der Waals surface area contributed by atoms with Gasteiger partial charge in [0.05, 0.1) is 18.7 Å². The minimum atomic E-state index is -0.497. The zero-order valence-electron chi connectivity index (χ0n) is 9.66. The maximum atomic E-state index is 12.1. The largest absolute Gasteiger partial charge is 0.496 e. The number of benzene rings is 1. The number of ketones is 1. The molecule has 0 heterocycles. The van der Waals surface area contributed by atoms with E-state index in [1.807, 2.05) is 19.9 Å². The third-order valence-corrected chi connectivity index (χ3v) is 2.94. The van der Waals surface area contributed by atoms with Crippen LogP contribution in [-0.4, -0.2) is 18.9 Å². The van der Waals surface area contributed by atoms with Gasteiger partial charge in [-0.2, -0.15) is 0 Å². The van der Waals surface area contributed by atoms with Crippen molar-refractivity contribution in [1.29, 1.82) is 0 Å². The van der Waals surface area contributed by atoms with Crippen molar-refractivity contribution >= 4 is 21.7 Å². The zero-order valence-corrected chi connectivity index (χ0v) is 11.2. The SMILES string of the molecule is COc1ccc(Br)cc1C(=O)C(N)C(C)C. The van der Waals surface area contributed by atoms with E-state index in [4.69, 9.17) is 10.5 Å². The van der Waals surface area contributed by atoms with Crippen molar-refractivity contribution in [2.75, 3.05) is 7.11 Å². The Balaban J connectivity index is 3.11. The lowest BCUT2D eigenvalue weighted by atomic mass is 9.95. The Bertz CT molecular complexity index is 391. The van der Waals surface area contributed by atoms with Crippen molar-refractivity contribution in [1.82, 2.24) is 0 Å². The van der Waals surface area contributed by atoms with Gasteiger partial charge in [0.25, 0.3) is 0 Å². The average molecular weight is 286 g/mol. The summed E-state index contributed by atoms with van der Waals surface area (Å²) in [5.74, 6) is 0.577. The number of carbonyl (C=O) groups excluding carboxylic acids is 1. The maximum absolute atomic E-state index is 12.1. The predicted molar refractivity (Wildman–Crippen MR) is 67.8 cm³/mol. The van der Waals surface area contributed by atoms with Crippen molar-refractivity contribution in [2.45, 2.75) is 19.9 Å². The summed E-state index contributed by atoms with van der Waals surface area (Å²) in [5, 5.41) is 0. The standard InChI is InChI=1S/C12H16BrNO2/c1-7(2)11(14)12(15)9-6-8(13)4-5-10(9)16-3/h4-7,11H,14H2,1-3H3. The predicted octanol–water partition coefficient (Wildman–Crippen LogP) is 2.62. The molecule has 0 amide bonds.